The molecule has 0 fully saturated rings. The Balaban J connectivity index is 1.63. The average Bonchev–Trinajstić information content (AvgIpc) is 3.22. The van der Waals surface area contributed by atoms with E-state index >= 15 is 0 Å². The number of thiophene rings is 1. The van der Waals surface area contributed by atoms with Crippen LogP contribution in [0.4, 0.5) is 5.69 Å². The van der Waals surface area contributed by atoms with Crippen LogP contribution in [0.25, 0.3) is 16.5 Å². The second kappa shape index (κ2) is 10.2. The zero-order valence-corrected chi connectivity index (χ0v) is 16.9. The van der Waals surface area contributed by atoms with E-state index in [0.29, 0.717) is 11.3 Å². The number of carbonyl (C=O) groups is 3. The minimum Gasteiger partial charge on any atom is -0.370 e. The Bertz CT molecular complexity index is 1070. The molecule has 0 unspecified atom stereocenters. The van der Waals surface area contributed by atoms with E-state index in [1.807, 2.05) is 42.5 Å². The number of nitrogens with one attached hydrogen (secondary N) is 2. The summed E-state index contributed by atoms with van der Waals surface area (Å²) in [6.07, 6.45) is 3.22. The number of anilines is 1. The molecular formula is C23H21N3O3S. The predicted octanol–water partition coefficient (Wildman–Crippen LogP) is 3.67. The highest BCUT2D eigenvalue weighted by Gasteiger charge is 2.12. The first-order valence-electron chi connectivity index (χ1n) is 9.33. The number of para-hydroxylation sites is 1. The van der Waals surface area contributed by atoms with Crippen LogP contribution in [0.1, 0.15) is 21.7 Å². The van der Waals surface area contributed by atoms with Crippen molar-refractivity contribution in [1.29, 1.82) is 0 Å². The van der Waals surface area contributed by atoms with Crippen LogP contribution in [0, 0.1) is 0 Å². The molecule has 3 rings (SSSR count). The summed E-state index contributed by atoms with van der Waals surface area (Å²) >= 11 is 1.59. The van der Waals surface area contributed by atoms with Gasteiger partial charge < -0.3 is 16.4 Å². The number of primary amides is 1. The third-order valence-corrected chi connectivity index (χ3v) is 5.27. The van der Waals surface area contributed by atoms with Gasteiger partial charge in [0.15, 0.2) is 0 Å². The van der Waals surface area contributed by atoms with E-state index in [9.17, 15) is 14.4 Å². The van der Waals surface area contributed by atoms with Crippen molar-refractivity contribution < 1.29 is 14.4 Å². The van der Waals surface area contributed by atoms with Gasteiger partial charge in [0.1, 0.15) is 0 Å². The zero-order valence-electron chi connectivity index (χ0n) is 16.1. The van der Waals surface area contributed by atoms with Gasteiger partial charge in [-0.25, -0.2) is 0 Å². The van der Waals surface area contributed by atoms with E-state index in [1.54, 1.807) is 41.7 Å². The van der Waals surface area contributed by atoms with Crippen LogP contribution in [0.2, 0.25) is 0 Å². The largest absolute Gasteiger partial charge is 0.370 e. The van der Waals surface area contributed by atoms with Gasteiger partial charge in [-0.2, -0.15) is 0 Å². The summed E-state index contributed by atoms with van der Waals surface area (Å²) in [7, 11) is 0. The highest BCUT2D eigenvalue weighted by molar-refractivity contribution is 7.16. The van der Waals surface area contributed by atoms with Crippen LogP contribution in [0.3, 0.4) is 0 Å². The fourth-order valence-electron chi connectivity index (χ4n) is 2.72. The normalized spacial score (nSPS) is 10.7. The zero-order chi connectivity index (χ0) is 21.3. The van der Waals surface area contributed by atoms with Gasteiger partial charge in [0, 0.05) is 28.8 Å². The van der Waals surface area contributed by atoms with Crippen molar-refractivity contribution in [2.75, 3.05) is 11.9 Å². The second-order valence-corrected chi connectivity index (χ2v) is 7.52. The summed E-state index contributed by atoms with van der Waals surface area (Å²) < 4.78 is 0. The van der Waals surface area contributed by atoms with Crippen molar-refractivity contribution >= 4 is 40.8 Å². The van der Waals surface area contributed by atoms with E-state index in [-0.39, 0.29) is 24.8 Å². The third kappa shape index (κ3) is 5.89. The maximum atomic E-state index is 12.4. The third-order valence-electron chi connectivity index (χ3n) is 4.17. The molecule has 152 valence electrons. The molecule has 0 bridgehead atoms. The Morgan fingerprint density at radius 3 is 2.43 bits per heavy atom. The van der Waals surface area contributed by atoms with Crippen molar-refractivity contribution in [3.63, 3.8) is 0 Å². The summed E-state index contributed by atoms with van der Waals surface area (Å²) in [5.74, 6) is -1.23. The number of benzene rings is 2. The molecule has 1 heterocycles. The molecule has 0 saturated heterocycles. The first-order valence-corrected chi connectivity index (χ1v) is 10.1. The van der Waals surface area contributed by atoms with Crippen LogP contribution in [0.15, 0.2) is 72.8 Å². The number of carbonyl (C=O) groups excluding carboxylic acids is 3. The molecule has 0 aliphatic heterocycles. The van der Waals surface area contributed by atoms with E-state index in [0.717, 1.165) is 15.3 Å². The maximum Gasteiger partial charge on any atom is 0.253 e. The topological polar surface area (TPSA) is 101 Å². The van der Waals surface area contributed by atoms with Crippen molar-refractivity contribution in [3.8, 4) is 10.4 Å². The monoisotopic (exact) mass is 419 g/mol. The van der Waals surface area contributed by atoms with E-state index in [2.05, 4.69) is 10.6 Å². The number of nitrogens with two attached hydrogens (primary N) is 1. The van der Waals surface area contributed by atoms with Gasteiger partial charge in [-0.15, -0.1) is 11.3 Å². The lowest BCUT2D eigenvalue weighted by atomic mass is 10.1. The number of hydrogen-bond donors (Lipinski definition) is 3. The molecule has 30 heavy (non-hydrogen) atoms. The van der Waals surface area contributed by atoms with Crippen LogP contribution in [-0.2, 0) is 9.59 Å². The lowest BCUT2D eigenvalue weighted by Gasteiger charge is -2.10. The summed E-state index contributed by atoms with van der Waals surface area (Å²) in [5.41, 5.74) is 6.90. The van der Waals surface area contributed by atoms with Crippen LogP contribution in [-0.4, -0.2) is 24.3 Å². The minimum atomic E-state index is -0.494. The first-order chi connectivity index (χ1) is 14.5. The number of rotatable bonds is 8. The first kappa shape index (κ1) is 21.0. The molecule has 0 aliphatic rings. The van der Waals surface area contributed by atoms with Gasteiger partial charge in [-0.1, -0.05) is 42.5 Å². The smallest absolute Gasteiger partial charge is 0.253 e. The summed E-state index contributed by atoms with van der Waals surface area (Å²) in [6.45, 7) is 0.137. The molecular weight excluding hydrogens is 398 g/mol. The van der Waals surface area contributed by atoms with Gasteiger partial charge in [0.05, 0.1) is 11.3 Å². The highest BCUT2D eigenvalue weighted by Crippen LogP contribution is 2.28. The van der Waals surface area contributed by atoms with Crippen molar-refractivity contribution in [1.82, 2.24) is 5.32 Å². The fourth-order valence-corrected chi connectivity index (χ4v) is 3.63. The van der Waals surface area contributed by atoms with Gasteiger partial charge in [-0.05, 0) is 35.9 Å². The molecule has 1 aromatic heterocycles. The summed E-state index contributed by atoms with van der Waals surface area (Å²) in [4.78, 5) is 37.5. The van der Waals surface area contributed by atoms with Gasteiger partial charge in [-0.3, -0.25) is 14.4 Å². The summed E-state index contributed by atoms with van der Waals surface area (Å²) in [5, 5.41) is 5.34. The molecule has 3 amide bonds. The lowest BCUT2D eigenvalue weighted by Crippen LogP contribution is -2.28. The summed E-state index contributed by atoms with van der Waals surface area (Å²) in [6, 6.07) is 20.7. The van der Waals surface area contributed by atoms with Crippen LogP contribution >= 0.6 is 11.3 Å². The quantitative estimate of drug-likeness (QED) is 0.486. The highest BCUT2D eigenvalue weighted by atomic mass is 32.1. The van der Waals surface area contributed by atoms with Crippen LogP contribution < -0.4 is 16.4 Å². The van der Waals surface area contributed by atoms with E-state index < -0.39 is 5.91 Å². The number of hydrogen-bond acceptors (Lipinski definition) is 4. The van der Waals surface area contributed by atoms with E-state index in [4.69, 9.17) is 5.73 Å². The van der Waals surface area contributed by atoms with E-state index in [1.165, 1.54) is 6.08 Å². The van der Waals surface area contributed by atoms with Crippen molar-refractivity contribution in [2.45, 2.75) is 6.42 Å². The number of amides is 3. The molecule has 0 aliphatic carbocycles. The Kier molecular flexibility index (Phi) is 7.13. The van der Waals surface area contributed by atoms with Gasteiger partial charge in [0.25, 0.3) is 5.91 Å². The van der Waals surface area contributed by atoms with Gasteiger partial charge in [0.2, 0.25) is 11.8 Å². The van der Waals surface area contributed by atoms with Crippen LogP contribution in [0.5, 0.6) is 0 Å². The Labute approximate surface area is 178 Å². The van der Waals surface area contributed by atoms with Gasteiger partial charge >= 0.3 is 0 Å². The molecule has 0 atom stereocenters. The predicted molar refractivity (Wildman–Crippen MR) is 120 cm³/mol. The molecule has 2 aromatic carbocycles. The Morgan fingerprint density at radius 1 is 0.933 bits per heavy atom. The molecule has 6 nitrogen and oxygen atoms in total. The molecule has 0 saturated carbocycles. The maximum absolute atomic E-state index is 12.4. The average molecular weight is 420 g/mol. The van der Waals surface area contributed by atoms with Crippen molar-refractivity contribution in [2.24, 2.45) is 5.73 Å². The molecule has 0 radical (unpaired) electrons. The minimum absolute atomic E-state index is 0.0504. The van der Waals surface area contributed by atoms with Crippen molar-refractivity contribution in [3.05, 3.63) is 83.2 Å². The molecule has 4 N–H and O–H groups in total. The SMILES string of the molecule is NC(=O)CCNC(=O)c1ccccc1NC(=O)/C=C/c1ccc(-c2ccccc2)s1. The molecule has 7 heteroatoms. The lowest BCUT2D eigenvalue weighted by molar-refractivity contribution is -0.118. The second-order valence-electron chi connectivity index (χ2n) is 6.41. The standard InChI is InChI=1S/C23H21N3O3S/c24-21(27)14-15-25-23(29)18-8-4-5-9-19(18)26-22(28)13-11-17-10-12-20(30-17)16-6-2-1-3-7-16/h1-13H,14-15H2,(H2,24,27)(H,25,29)(H,26,28)/b13-11+. The molecule has 3 aromatic rings. The Hall–Kier alpha value is -3.71. The Morgan fingerprint density at radius 2 is 1.67 bits per heavy atom. The fraction of sp³-hybridized carbons (Fsp3) is 0.0870. The molecule has 0 spiro atoms.